The van der Waals surface area contributed by atoms with Crippen molar-refractivity contribution in [2.24, 2.45) is 17.6 Å². The second-order valence-electron chi connectivity index (χ2n) is 9.60. The molecule has 37 heavy (non-hydrogen) atoms. The summed E-state index contributed by atoms with van der Waals surface area (Å²) in [6, 6.07) is 7.92. The summed E-state index contributed by atoms with van der Waals surface area (Å²) >= 11 is 6.34. The van der Waals surface area contributed by atoms with Crippen LogP contribution in [0.2, 0.25) is 5.02 Å². The first-order valence-corrected chi connectivity index (χ1v) is 12.2. The third-order valence-electron chi connectivity index (χ3n) is 7.57. The third-order valence-corrected chi connectivity index (χ3v) is 7.79. The second kappa shape index (κ2) is 9.04. The van der Waals surface area contributed by atoms with E-state index in [1.165, 1.54) is 19.1 Å². The first kappa shape index (κ1) is 25.0. The van der Waals surface area contributed by atoms with Crippen molar-refractivity contribution in [2.45, 2.75) is 31.3 Å². The Balaban J connectivity index is 1.51. The maximum Gasteiger partial charge on any atom is 0.250 e. The van der Waals surface area contributed by atoms with E-state index in [-0.39, 0.29) is 13.0 Å². The van der Waals surface area contributed by atoms with Gasteiger partial charge < -0.3 is 20.5 Å². The van der Waals surface area contributed by atoms with Crippen molar-refractivity contribution in [1.29, 1.82) is 0 Å². The van der Waals surface area contributed by atoms with Crippen molar-refractivity contribution in [3.8, 4) is 11.5 Å². The number of likely N-dealkylation sites (tertiary alicyclic amines) is 1. The lowest BCUT2D eigenvalue weighted by Crippen LogP contribution is -2.53. The molecule has 5 rings (SSSR count). The quantitative estimate of drug-likeness (QED) is 0.464. The molecule has 194 valence electrons. The Morgan fingerprint density at radius 3 is 2.51 bits per heavy atom. The number of halogens is 1. The topological polar surface area (TPSA) is 140 Å². The van der Waals surface area contributed by atoms with Gasteiger partial charge in [0.15, 0.2) is 11.5 Å². The van der Waals surface area contributed by atoms with Gasteiger partial charge in [-0.1, -0.05) is 17.7 Å². The Morgan fingerprint density at radius 2 is 1.84 bits per heavy atom. The lowest BCUT2D eigenvalue weighted by atomic mass is 9.76. The Kier molecular flexibility index (Phi) is 6.12. The molecule has 0 radical (unpaired) electrons. The number of rotatable bonds is 7. The van der Waals surface area contributed by atoms with E-state index in [2.05, 4.69) is 10.6 Å². The molecule has 10 nitrogen and oxygen atoms in total. The van der Waals surface area contributed by atoms with Crippen LogP contribution in [0.1, 0.15) is 23.1 Å². The highest BCUT2D eigenvalue weighted by molar-refractivity contribution is 6.31. The van der Waals surface area contributed by atoms with Crippen LogP contribution in [0.4, 0.5) is 5.69 Å². The minimum atomic E-state index is -1.54. The lowest BCUT2D eigenvalue weighted by Gasteiger charge is -2.29. The summed E-state index contributed by atoms with van der Waals surface area (Å²) in [6.45, 7) is 1.90. The van der Waals surface area contributed by atoms with Crippen LogP contribution in [0.15, 0.2) is 30.3 Å². The van der Waals surface area contributed by atoms with Crippen LogP contribution in [-0.2, 0) is 31.1 Å². The van der Waals surface area contributed by atoms with Gasteiger partial charge in [-0.15, -0.1) is 0 Å². The minimum Gasteiger partial charge on any atom is -0.493 e. The molecule has 4 amide bonds. The van der Waals surface area contributed by atoms with Crippen LogP contribution in [0, 0.1) is 18.8 Å². The van der Waals surface area contributed by atoms with E-state index in [0.29, 0.717) is 34.2 Å². The number of nitrogens with one attached hydrogen (secondary N) is 2. The van der Waals surface area contributed by atoms with E-state index < -0.39 is 47.0 Å². The summed E-state index contributed by atoms with van der Waals surface area (Å²) in [5.41, 5.74) is 6.55. The monoisotopic (exact) mass is 526 g/mol. The molecular formula is C26H27ClN4O6. The van der Waals surface area contributed by atoms with Crippen molar-refractivity contribution in [3.05, 3.63) is 52.0 Å². The van der Waals surface area contributed by atoms with Gasteiger partial charge in [0, 0.05) is 35.3 Å². The van der Waals surface area contributed by atoms with E-state index in [1.807, 2.05) is 6.07 Å². The smallest absolute Gasteiger partial charge is 0.250 e. The molecule has 4 N–H and O–H groups in total. The molecule has 2 fully saturated rings. The number of aryl methyl sites for hydroxylation is 1. The Hall–Kier alpha value is -3.63. The molecule has 0 aromatic heterocycles. The number of amides is 4. The maximum atomic E-state index is 13.9. The molecule has 0 unspecified atom stereocenters. The van der Waals surface area contributed by atoms with Crippen molar-refractivity contribution >= 4 is 40.9 Å². The zero-order valence-corrected chi connectivity index (χ0v) is 21.3. The molecule has 3 heterocycles. The maximum absolute atomic E-state index is 13.9. The molecule has 2 aromatic rings. The van der Waals surface area contributed by atoms with Crippen molar-refractivity contribution in [1.82, 2.24) is 10.2 Å². The van der Waals surface area contributed by atoms with E-state index in [9.17, 15) is 19.2 Å². The number of carbonyl (C=O) groups is 4. The molecule has 3 aliphatic rings. The predicted molar refractivity (Wildman–Crippen MR) is 134 cm³/mol. The SMILES string of the molecule is COc1ccc(CCN2C(=O)[C@@H]3[C@H](CC(N)=O)N[C@@]4(C(=O)Nc5c(C)cc(Cl)cc54)[C@@H]3C2=O)cc1OC. The van der Waals surface area contributed by atoms with E-state index in [1.54, 1.807) is 31.2 Å². The van der Waals surface area contributed by atoms with Crippen LogP contribution in [0.5, 0.6) is 11.5 Å². The fourth-order valence-electron chi connectivity index (χ4n) is 5.98. The number of methoxy groups -OCH3 is 2. The second-order valence-corrected chi connectivity index (χ2v) is 10.0. The molecule has 1 spiro atoms. The molecular weight excluding hydrogens is 500 g/mol. The first-order chi connectivity index (χ1) is 17.6. The number of primary amides is 1. The van der Waals surface area contributed by atoms with Gasteiger partial charge in [-0.3, -0.25) is 29.4 Å². The number of anilines is 1. The zero-order valence-electron chi connectivity index (χ0n) is 20.6. The molecule has 11 heteroatoms. The number of imide groups is 1. The number of hydrogen-bond acceptors (Lipinski definition) is 7. The van der Waals surface area contributed by atoms with Crippen LogP contribution < -0.4 is 25.8 Å². The number of ether oxygens (including phenoxy) is 2. The Bertz CT molecular complexity index is 1350. The standard InChI is InChI=1S/C26H27ClN4O6/c1-12-8-14(27)10-15-22(12)29-25(35)26(15)21-20(16(30-26)11-19(28)32)23(33)31(24(21)34)7-6-13-4-5-17(36-2)18(9-13)37-3/h4-5,8-10,16,20-21,30H,6-7,11H2,1-3H3,(H2,28,32)(H,29,35)/t16-,20+,21-,26+/m0/s1. The zero-order chi connectivity index (χ0) is 26.6. The van der Waals surface area contributed by atoms with Crippen LogP contribution in [0.3, 0.4) is 0 Å². The molecule has 0 aliphatic carbocycles. The molecule has 0 bridgehead atoms. The van der Waals surface area contributed by atoms with Crippen LogP contribution in [0.25, 0.3) is 0 Å². The summed E-state index contributed by atoms with van der Waals surface area (Å²) in [4.78, 5) is 54.1. The average molecular weight is 527 g/mol. The van der Waals surface area contributed by atoms with Crippen molar-refractivity contribution in [2.75, 3.05) is 26.1 Å². The minimum absolute atomic E-state index is 0.0998. The van der Waals surface area contributed by atoms with Gasteiger partial charge in [-0.2, -0.15) is 0 Å². The highest BCUT2D eigenvalue weighted by atomic mass is 35.5. The summed E-state index contributed by atoms with van der Waals surface area (Å²) in [6.07, 6.45) is 0.166. The molecule has 2 aromatic carbocycles. The number of hydrogen-bond donors (Lipinski definition) is 3. The number of nitrogens with two attached hydrogens (primary N) is 1. The van der Waals surface area contributed by atoms with E-state index in [4.69, 9.17) is 26.8 Å². The summed E-state index contributed by atoms with van der Waals surface area (Å²) in [5.74, 6) is -2.89. The van der Waals surface area contributed by atoms with Gasteiger partial charge in [-0.25, -0.2) is 0 Å². The summed E-state index contributed by atoms with van der Waals surface area (Å²) in [5, 5.41) is 6.43. The highest BCUT2D eigenvalue weighted by Gasteiger charge is 2.70. The number of benzene rings is 2. The largest absolute Gasteiger partial charge is 0.493 e. The van der Waals surface area contributed by atoms with Crippen LogP contribution in [-0.4, -0.2) is 55.3 Å². The Labute approximate surface area is 218 Å². The molecule has 3 aliphatic heterocycles. The highest BCUT2D eigenvalue weighted by Crippen LogP contribution is 2.54. The van der Waals surface area contributed by atoms with Gasteiger partial charge in [0.2, 0.25) is 23.6 Å². The summed E-state index contributed by atoms with van der Waals surface area (Å²) in [7, 11) is 3.07. The number of fused-ring (bicyclic) bond motifs is 4. The normalized spacial score (nSPS) is 25.9. The first-order valence-electron chi connectivity index (χ1n) is 11.9. The summed E-state index contributed by atoms with van der Waals surface area (Å²) < 4.78 is 10.6. The van der Waals surface area contributed by atoms with E-state index in [0.717, 1.165) is 11.1 Å². The number of carbonyl (C=O) groups excluding carboxylic acids is 4. The lowest BCUT2D eigenvalue weighted by molar-refractivity contribution is -0.142. The third kappa shape index (κ3) is 3.74. The van der Waals surface area contributed by atoms with E-state index >= 15 is 0 Å². The fraction of sp³-hybridized carbons (Fsp3) is 0.385. The van der Waals surface area contributed by atoms with Gasteiger partial charge in [-0.05, 0) is 48.7 Å². The van der Waals surface area contributed by atoms with Crippen molar-refractivity contribution < 1.29 is 28.7 Å². The molecule has 2 saturated heterocycles. The van der Waals surface area contributed by atoms with Gasteiger partial charge in [0.25, 0.3) is 0 Å². The van der Waals surface area contributed by atoms with Gasteiger partial charge >= 0.3 is 0 Å². The van der Waals surface area contributed by atoms with Gasteiger partial charge in [0.05, 0.1) is 26.1 Å². The predicted octanol–water partition coefficient (Wildman–Crippen LogP) is 1.50. The Morgan fingerprint density at radius 1 is 1.11 bits per heavy atom. The van der Waals surface area contributed by atoms with Crippen molar-refractivity contribution in [3.63, 3.8) is 0 Å². The molecule has 4 atom stereocenters. The molecule has 0 saturated carbocycles. The average Bonchev–Trinajstić information content (AvgIpc) is 3.42. The fourth-order valence-corrected chi connectivity index (χ4v) is 6.26. The van der Waals surface area contributed by atoms with Gasteiger partial charge in [0.1, 0.15) is 5.54 Å². The number of nitrogens with zero attached hydrogens (tertiary/aromatic N) is 1. The van der Waals surface area contributed by atoms with Crippen LogP contribution >= 0.6 is 11.6 Å².